The van der Waals surface area contributed by atoms with Crippen molar-refractivity contribution in [2.45, 2.75) is 45.3 Å². The predicted octanol–water partition coefficient (Wildman–Crippen LogP) is 4.07. The molecule has 26 heavy (non-hydrogen) atoms. The van der Waals surface area contributed by atoms with E-state index in [0.29, 0.717) is 31.1 Å². The molecule has 1 aromatic rings. The van der Waals surface area contributed by atoms with Crippen molar-refractivity contribution in [3.8, 4) is 0 Å². The van der Waals surface area contributed by atoms with Crippen molar-refractivity contribution in [2.24, 2.45) is 5.41 Å². The van der Waals surface area contributed by atoms with E-state index in [0.717, 1.165) is 45.0 Å². The highest BCUT2D eigenvalue weighted by Crippen LogP contribution is 2.40. The van der Waals surface area contributed by atoms with E-state index in [4.69, 9.17) is 0 Å². The zero-order chi connectivity index (χ0) is 18.9. The van der Waals surface area contributed by atoms with Gasteiger partial charge in [0.25, 0.3) is 0 Å². The van der Waals surface area contributed by atoms with Crippen molar-refractivity contribution < 1.29 is 22.4 Å². The molecule has 0 aliphatic carbocycles. The summed E-state index contributed by atoms with van der Waals surface area (Å²) in [7, 11) is 0. The number of carbonyl (C=O) groups excluding carboxylic acids is 1. The first-order valence-electron chi connectivity index (χ1n) is 9.08. The number of halogens is 4. The molecule has 0 atom stereocenters. The highest BCUT2D eigenvalue weighted by Gasteiger charge is 2.40. The summed E-state index contributed by atoms with van der Waals surface area (Å²) in [6.07, 6.45) is -1.25. The standard InChI is InChI=1S/C19H24F4N2O/c1-2-25-13-18(4-3-17(25)26)5-7-24(8-6-18)12-14-9-15(19(21,22)23)11-16(20)10-14/h9-11H,2-8,12-13H2,1H3. The summed E-state index contributed by atoms with van der Waals surface area (Å²) >= 11 is 0. The van der Waals surface area contributed by atoms with Crippen LogP contribution in [0.4, 0.5) is 17.6 Å². The van der Waals surface area contributed by atoms with Gasteiger partial charge in [0, 0.05) is 26.1 Å². The molecule has 0 radical (unpaired) electrons. The normalized spacial score (nSPS) is 21.4. The number of hydrogen-bond donors (Lipinski definition) is 0. The van der Waals surface area contributed by atoms with Gasteiger partial charge in [0.1, 0.15) is 5.82 Å². The molecule has 1 amide bonds. The fourth-order valence-electron chi connectivity index (χ4n) is 4.15. The Morgan fingerprint density at radius 2 is 1.81 bits per heavy atom. The second-order valence-electron chi connectivity index (χ2n) is 7.53. The summed E-state index contributed by atoms with van der Waals surface area (Å²) in [5, 5.41) is 0. The highest BCUT2D eigenvalue weighted by atomic mass is 19.4. The maximum atomic E-state index is 13.6. The first-order valence-corrected chi connectivity index (χ1v) is 9.08. The van der Waals surface area contributed by atoms with Crippen molar-refractivity contribution in [2.75, 3.05) is 26.2 Å². The molecule has 0 unspecified atom stereocenters. The average molecular weight is 372 g/mol. The third-order valence-electron chi connectivity index (χ3n) is 5.74. The van der Waals surface area contributed by atoms with Crippen molar-refractivity contribution in [3.05, 3.63) is 35.1 Å². The van der Waals surface area contributed by atoms with Crippen LogP contribution in [-0.2, 0) is 17.5 Å². The van der Waals surface area contributed by atoms with Gasteiger partial charge in [-0.25, -0.2) is 4.39 Å². The summed E-state index contributed by atoms with van der Waals surface area (Å²) in [6.45, 7) is 5.29. The largest absolute Gasteiger partial charge is 0.416 e. The van der Waals surface area contributed by atoms with E-state index >= 15 is 0 Å². The molecule has 2 saturated heterocycles. The van der Waals surface area contributed by atoms with Crippen LogP contribution in [0.1, 0.15) is 43.7 Å². The van der Waals surface area contributed by atoms with E-state index in [2.05, 4.69) is 4.90 Å². The molecule has 2 fully saturated rings. The van der Waals surface area contributed by atoms with Gasteiger partial charge in [0.05, 0.1) is 5.56 Å². The van der Waals surface area contributed by atoms with Gasteiger partial charge in [-0.05, 0) is 68.5 Å². The van der Waals surface area contributed by atoms with Crippen LogP contribution >= 0.6 is 0 Å². The summed E-state index contributed by atoms with van der Waals surface area (Å²) < 4.78 is 52.1. The molecule has 2 heterocycles. The van der Waals surface area contributed by atoms with Gasteiger partial charge in [0.2, 0.25) is 5.91 Å². The molecule has 144 valence electrons. The van der Waals surface area contributed by atoms with E-state index in [-0.39, 0.29) is 11.3 Å². The van der Waals surface area contributed by atoms with Crippen LogP contribution in [-0.4, -0.2) is 41.9 Å². The van der Waals surface area contributed by atoms with Crippen molar-refractivity contribution in [1.82, 2.24) is 9.80 Å². The lowest BCUT2D eigenvalue weighted by molar-refractivity contribution is -0.139. The minimum atomic E-state index is -4.54. The molecule has 7 heteroatoms. The van der Waals surface area contributed by atoms with Gasteiger partial charge in [-0.2, -0.15) is 13.2 Å². The number of benzene rings is 1. The lowest BCUT2D eigenvalue weighted by Crippen LogP contribution is -2.51. The van der Waals surface area contributed by atoms with Gasteiger partial charge in [-0.15, -0.1) is 0 Å². The van der Waals surface area contributed by atoms with E-state index in [1.807, 2.05) is 11.8 Å². The van der Waals surface area contributed by atoms with Crippen LogP contribution in [0.15, 0.2) is 18.2 Å². The first-order chi connectivity index (χ1) is 12.2. The topological polar surface area (TPSA) is 23.6 Å². The number of carbonyl (C=O) groups is 1. The lowest BCUT2D eigenvalue weighted by atomic mass is 9.72. The van der Waals surface area contributed by atoms with Gasteiger partial charge in [-0.1, -0.05) is 0 Å². The molecule has 0 aromatic heterocycles. The van der Waals surface area contributed by atoms with Gasteiger partial charge in [-0.3, -0.25) is 9.69 Å². The van der Waals surface area contributed by atoms with Crippen molar-refractivity contribution in [3.63, 3.8) is 0 Å². The summed E-state index contributed by atoms with van der Waals surface area (Å²) in [4.78, 5) is 15.9. The second kappa shape index (κ2) is 7.18. The minimum absolute atomic E-state index is 0.124. The molecular weight excluding hydrogens is 348 g/mol. The number of hydrogen-bond acceptors (Lipinski definition) is 2. The maximum Gasteiger partial charge on any atom is 0.416 e. The quantitative estimate of drug-likeness (QED) is 0.747. The fraction of sp³-hybridized carbons (Fsp3) is 0.632. The minimum Gasteiger partial charge on any atom is -0.342 e. The number of rotatable bonds is 3. The zero-order valence-electron chi connectivity index (χ0n) is 14.9. The smallest absolute Gasteiger partial charge is 0.342 e. The van der Waals surface area contributed by atoms with Gasteiger partial charge >= 0.3 is 6.18 Å². The zero-order valence-corrected chi connectivity index (χ0v) is 14.9. The molecule has 3 nitrogen and oxygen atoms in total. The van der Waals surface area contributed by atoms with Crippen LogP contribution in [0.5, 0.6) is 0 Å². The van der Waals surface area contributed by atoms with Crippen LogP contribution in [0.2, 0.25) is 0 Å². The maximum absolute atomic E-state index is 13.6. The Morgan fingerprint density at radius 3 is 2.42 bits per heavy atom. The number of piperidine rings is 2. The third kappa shape index (κ3) is 4.19. The molecule has 2 aliphatic rings. The van der Waals surface area contributed by atoms with E-state index in [9.17, 15) is 22.4 Å². The molecular formula is C19H24F4N2O. The third-order valence-corrected chi connectivity index (χ3v) is 5.74. The Bertz CT molecular complexity index is 666. The van der Waals surface area contributed by atoms with Crippen LogP contribution in [0, 0.1) is 11.2 Å². The Kier molecular flexibility index (Phi) is 5.28. The molecule has 0 bridgehead atoms. The fourth-order valence-corrected chi connectivity index (χ4v) is 4.15. The lowest BCUT2D eigenvalue weighted by Gasteiger charge is -2.47. The Labute approximate surface area is 151 Å². The van der Waals surface area contributed by atoms with Crippen LogP contribution < -0.4 is 0 Å². The molecule has 0 N–H and O–H groups in total. The predicted molar refractivity (Wildman–Crippen MR) is 89.8 cm³/mol. The average Bonchev–Trinajstić information content (AvgIpc) is 2.58. The van der Waals surface area contributed by atoms with Crippen molar-refractivity contribution in [1.29, 1.82) is 0 Å². The monoisotopic (exact) mass is 372 g/mol. The number of nitrogens with zero attached hydrogens (tertiary/aromatic N) is 2. The SMILES string of the molecule is CCN1CC2(CCC1=O)CCN(Cc1cc(F)cc(C(F)(F)F)c1)CC2. The Hall–Kier alpha value is -1.63. The highest BCUT2D eigenvalue weighted by molar-refractivity contribution is 5.77. The summed E-state index contributed by atoms with van der Waals surface area (Å²) in [5.74, 6) is -0.646. The van der Waals surface area contributed by atoms with Gasteiger partial charge in [0.15, 0.2) is 0 Å². The number of alkyl halides is 3. The van der Waals surface area contributed by atoms with Gasteiger partial charge < -0.3 is 4.90 Å². The summed E-state index contributed by atoms with van der Waals surface area (Å²) in [5.41, 5.74) is -0.466. The van der Waals surface area contributed by atoms with Crippen LogP contribution in [0.25, 0.3) is 0 Å². The Morgan fingerprint density at radius 1 is 1.12 bits per heavy atom. The number of amides is 1. The Balaban J connectivity index is 1.63. The van der Waals surface area contributed by atoms with Crippen molar-refractivity contribution >= 4 is 5.91 Å². The van der Waals surface area contributed by atoms with E-state index < -0.39 is 17.6 Å². The first kappa shape index (κ1) is 19.1. The molecule has 0 saturated carbocycles. The molecule has 1 aromatic carbocycles. The second-order valence-corrected chi connectivity index (χ2v) is 7.53. The summed E-state index contributed by atoms with van der Waals surface area (Å²) in [6, 6.07) is 2.75. The van der Waals surface area contributed by atoms with Crippen LogP contribution in [0.3, 0.4) is 0 Å². The van der Waals surface area contributed by atoms with E-state index in [1.165, 1.54) is 6.07 Å². The van der Waals surface area contributed by atoms with E-state index in [1.54, 1.807) is 0 Å². The molecule has 3 rings (SSSR count). The molecule has 1 spiro atoms. The number of likely N-dealkylation sites (tertiary alicyclic amines) is 2. The molecule has 2 aliphatic heterocycles.